The molecule has 0 unspecified atom stereocenters. The number of thioether (sulfide) groups is 1. The molecule has 2 aromatic heterocycles. The van der Waals surface area contributed by atoms with Gasteiger partial charge in [0.15, 0.2) is 10.9 Å². The highest BCUT2D eigenvalue weighted by Crippen LogP contribution is 2.30. The first-order chi connectivity index (χ1) is 13.5. The molecule has 0 saturated carbocycles. The van der Waals surface area contributed by atoms with E-state index >= 15 is 0 Å². The number of aryl methyl sites for hydroxylation is 2. The van der Waals surface area contributed by atoms with E-state index in [4.69, 9.17) is 0 Å². The topological polar surface area (TPSA) is 52.7 Å². The van der Waals surface area contributed by atoms with E-state index in [1.165, 1.54) is 13.1 Å². The quantitative estimate of drug-likeness (QED) is 0.338. The first-order valence-corrected chi connectivity index (χ1v) is 9.57. The molecule has 0 amide bonds. The van der Waals surface area contributed by atoms with Gasteiger partial charge in [-0.3, -0.25) is 4.79 Å². The number of hydrogen-bond donors (Lipinski definition) is 0. The van der Waals surface area contributed by atoms with Crippen molar-refractivity contribution in [3.05, 3.63) is 58.4 Å². The molecule has 0 N–H and O–H groups in total. The van der Waals surface area contributed by atoms with E-state index in [1.54, 1.807) is 43.5 Å². The van der Waals surface area contributed by atoms with Crippen molar-refractivity contribution in [1.82, 2.24) is 19.3 Å². The fourth-order valence-electron chi connectivity index (χ4n) is 3.06. The van der Waals surface area contributed by atoms with E-state index in [9.17, 15) is 22.4 Å². The van der Waals surface area contributed by atoms with Crippen LogP contribution < -0.4 is 0 Å². The van der Waals surface area contributed by atoms with Crippen LogP contribution in [-0.4, -0.2) is 30.9 Å². The Morgan fingerprint density at radius 3 is 2.41 bits per heavy atom. The number of aromatic nitrogens is 4. The lowest BCUT2D eigenvalue weighted by Gasteiger charge is -2.11. The van der Waals surface area contributed by atoms with Crippen molar-refractivity contribution in [2.75, 3.05) is 5.75 Å². The fourth-order valence-corrected chi connectivity index (χ4v) is 3.85. The van der Waals surface area contributed by atoms with Crippen molar-refractivity contribution in [2.24, 2.45) is 7.05 Å². The summed E-state index contributed by atoms with van der Waals surface area (Å²) in [6, 6.07) is 6.51. The van der Waals surface area contributed by atoms with Crippen molar-refractivity contribution in [3.8, 4) is 5.69 Å². The van der Waals surface area contributed by atoms with Gasteiger partial charge in [0, 0.05) is 29.7 Å². The van der Waals surface area contributed by atoms with Crippen LogP contribution in [-0.2, 0) is 13.2 Å². The summed E-state index contributed by atoms with van der Waals surface area (Å²) >= 11 is 0.882. The van der Waals surface area contributed by atoms with Crippen LogP contribution in [0.15, 0.2) is 29.4 Å². The van der Waals surface area contributed by atoms with Crippen molar-refractivity contribution in [3.63, 3.8) is 0 Å². The highest BCUT2D eigenvalue weighted by Gasteiger charge is 2.37. The number of alkyl halides is 3. The van der Waals surface area contributed by atoms with Gasteiger partial charge in [-0.15, -0.1) is 10.2 Å². The molecule has 0 aliphatic heterocycles. The lowest BCUT2D eigenvalue weighted by molar-refractivity contribution is -0.147. The summed E-state index contributed by atoms with van der Waals surface area (Å²) in [7, 11) is 1.20. The Hall–Kier alpha value is -2.62. The summed E-state index contributed by atoms with van der Waals surface area (Å²) in [5.74, 6) is -1.83. The Balaban J connectivity index is 1.82. The third-order valence-electron chi connectivity index (χ3n) is 4.57. The lowest BCUT2D eigenvalue weighted by Crippen LogP contribution is -2.13. The fraction of sp³-hybridized carbons (Fsp3) is 0.316. The summed E-state index contributed by atoms with van der Waals surface area (Å²) in [6.07, 6.45) is -4.61. The van der Waals surface area contributed by atoms with E-state index in [0.29, 0.717) is 22.5 Å². The maximum Gasteiger partial charge on any atom is 0.451 e. The molecule has 3 rings (SSSR count). The molecule has 5 nitrogen and oxygen atoms in total. The molecule has 29 heavy (non-hydrogen) atoms. The average Bonchev–Trinajstić information content (AvgIpc) is 3.15. The van der Waals surface area contributed by atoms with Gasteiger partial charge < -0.3 is 9.13 Å². The summed E-state index contributed by atoms with van der Waals surface area (Å²) in [4.78, 5) is 12.7. The number of hydrogen-bond acceptors (Lipinski definition) is 4. The number of carbonyl (C=O) groups excluding carboxylic acids is 1. The predicted octanol–water partition coefficient (Wildman–Crippen LogP) is 4.66. The number of Topliss-reactive ketones (excluding diaryl/α,β-unsaturated/α-hetero) is 1. The average molecular weight is 426 g/mol. The highest BCUT2D eigenvalue weighted by atomic mass is 32.2. The van der Waals surface area contributed by atoms with Gasteiger partial charge in [0.1, 0.15) is 5.82 Å². The van der Waals surface area contributed by atoms with Crippen LogP contribution in [0.25, 0.3) is 5.69 Å². The monoisotopic (exact) mass is 426 g/mol. The van der Waals surface area contributed by atoms with Gasteiger partial charge in [0.2, 0.25) is 5.82 Å². The Labute approximate surface area is 168 Å². The zero-order valence-electron chi connectivity index (χ0n) is 16.1. The van der Waals surface area contributed by atoms with Gasteiger partial charge >= 0.3 is 6.18 Å². The molecular weight excluding hydrogens is 408 g/mol. The SMILES string of the molecule is Cc1ccc(-n2c(C)cc(C(=O)CSc3nnc(C(F)(F)F)n3C)c2C)cc1F. The smallest absolute Gasteiger partial charge is 0.318 e. The van der Waals surface area contributed by atoms with Crippen molar-refractivity contribution in [1.29, 1.82) is 0 Å². The minimum Gasteiger partial charge on any atom is -0.318 e. The summed E-state index contributed by atoms with van der Waals surface area (Å²) in [5.41, 5.74) is 2.92. The Morgan fingerprint density at radius 1 is 1.14 bits per heavy atom. The first kappa shape index (κ1) is 21.1. The molecule has 3 aromatic rings. The van der Waals surface area contributed by atoms with Gasteiger partial charge in [0.25, 0.3) is 0 Å². The molecule has 0 aliphatic rings. The molecule has 0 atom stereocenters. The van der Waals surface area contributed by atoms with Gasteiger partial charge in [-0.2, -0.15) is 13.2 Å². The Bertz CT molecular complexity index is 1080. The van der Waals surface area contributed by atoms with Crippen LogP contribution in [0.2, 0.25) is 0 Å². The predicted molar refractivity (Wildman–Crippen MR) is 101 cm³/mol. The normalized spacial score (nSPS) is 11.9. The highest BCUT2D eigenvalue weighted by molar-refractivity contribution is 7.99. The van der Waals surface area contributed by atoms with Crippen LogP contribution in [0, 0.1) is 26.6 Å². The third-order valence-corrected chi connectivity index (χ3v) is 5.59. The number of ketones is 1. The van der Waals surface area contributed by atoms with Crippen molar-refractivity contribution >= 4 is 17.5 Å². The van der Waals surface area contributed by atoms with E-state index in [1.807, 2.05) is 0 Å². The van der Waals surface area contributed by atoms with Crippen LogP contribution in [0.4, 0.5) is 17.6 Å². The first-order valence-electron chi connectivity index (χ1n) is 8.58. The maximum atomic E-state index is 13.9. The molecule has 0 saturated heterocycles. The molecule has 10 heteroatoms. The number of carbonyl (C=O) groups is 1. The molecule has 0 radical (unpaired) electrons. The van der Waals surface area contributed by atoms with Gasteiger partial charge in [-0.25, -0.2) is 4.39 Å². The molecule has 154 valence electrons. The second-order valence-corrected chi connectivity index (χ2v) is 7.57. The molecule has 2 heterocycles. The van der Waals surface area contributed by atoms with E-state index in [2.05, 4.69) is 10.2 Å². The minimum atomic E-state index is -4.61. The largest absolute Gasteiger partial charge is 0.451 e. The maximum absolute atomic E-state index is 13.9. The number of halogens is 4. The zero-order chi connectivity index (χ0) is 21.5. The third kappa shape index (κ3) is 4.07. The molecule has 0 aliphatic carbocycles. The van der Waals surface area contributed by atoms with Crippen molar-refractivity contribution in [2.45, 2.75) is 32.1 Å². The molecule has 1 aromatic carbocycles. The molecular formula is C19H18F4N4OS. The number of benzene rings is 1. The summed E-state index contributed by atoms with van der Waals surface area (Å²) < 4.78 is 55.0. The summed E-state index contributed by atoms with van der Waals surface area (Å²) in [5, 5.41) is 6.66. The zero-order valence-corrected chi connectivity index (χ0v) is 17.0. The lowest BCUT2D eigenvalue weighted by atomic mass is 10.2. The van der Waals surface area contributed by atoms with E-state index in [-0.39, 0.29) is 22.5 Å². The molecule has 0 spiro atoms. The molecule has 0 bridgehead atoms. The standard InChI is InChI=1S/C19H18F4N4OS/c1-10-5-6-13(8-15(10)20)27-11(2)7-14(12(27)3)16(28)9-29-18-25-24-17(26(18)4)19(21,22)23/h5-8H,9H2,1-4H3. The van der Waals surface area contributed by atoms with Crippen LogP contribution in [0.5, 0.6) is 0 Å². The van der Waals surface area contributed by atoms with E-state index < -0.39 is 12.0 Å². The van der Waals surface area contributed by atoms with Crippen molar-refractivity contribution < 1.29 is 22.4 Å². The van der Waals surface area contributed by atoms with Crippen LogP contribution in [0.1, 0.15) is 33.1 Å². The number of rotatable bonds is 5. The van der Waals surface area contributed by atoms with Gasteiger partial charge in [-0.1, -0.05) is 17.8 Å². The van der Waals surface area contributed by atoms with Crippen LogP contribution >= 0.6 is 11.8 Å². The van der Waals surface area contributed by atoms with Gasteiger partial charge in [-0.05, 0) is 44.5 Å². The Kier molecular flexibility index (Phi) is 5.57. The second-order valence-electron chi connectivity index (χ2n) is 6.63. The second kappa shape index (κ2) is 7.66. The van der Waals surface area contributed by atoms with Gasteiger partial charge in [0.05, 0.1) is 5.75 Å². The molecule has 0 fully saturated rings. The van der Waals surface area contributed by atoms with Crippen LogP contribution in [0.3, 0.4) is 0 Å². The minimum absolute atomic E-state index is 0.0000818. The number of nitrogens with zero attached hydrogens (tertiary/aromatic N) is 4. The van der Waals surface area contributed by atoms with E-state index in [0.717, 1.165) is 22.0 Å². The Morgan fingerprint density at radius 2 is 1.83 bits per heavy atom. The summed E-state index contributed by atoms with van der Waals surface area (Å²) in [6.45, 7) is 5.21.